The molecule has 5 rings (SSSR count). The van der Waals surface area contributed by atoms with Gasteiger partial charge in [0.15, 0.2) is 17.3 Å². The molecule has 0 spiro atoms. The van der Waals surface area contributed by atoms with Crippen LogP contribution in [-0.4, -0.2) is 70.0 Å². The number of likely N-dealkylation sites (N-methyl/N-ethyl adjacent to an activating group) is 1. The van der Waals surface area contributed by atoms with Gasteiger partial charge >= 0.3 is 0 Å². The molecule has 0 aliphatic carbocycles. The predicted molar refractivity (Wildman–Crippen MR) is 112 cm³/mol. The van der Waals surface area contributed by atoms with Gasteiger partial charge in [-0.05, 0) is 47.7 Å². The van der Waals surface area contributed by atoms with Gasteiger partial charge in [-0.1, -0.05) is 35.9 Å². The molecule has 0 N–H and O–H groups in total. The van der Waals surface area contributed by atoms with Crippen LogP contribution in [0, 0.1) is 6.92 Å². The number of hydrogen-bond donors (Lipinski definition) is 0. The van der Waals surface area contributed by atoms with E-state index in [-0.39, 0.29) is 12.8 Å². The molecule has 1 fully saturated rings. The second kappa shape index (κ2) is 8.04. The summed E-state index contributed by atoms with van der Waals surface area (Å²) in [6.07, 6.45) is 0. The van der Waals surface area contributed by atoms with E-state index in [4.69, 9.17) is 9.47 Å². The van der Waals surface area contributed by atoms with Gasteiger partial charge in [0.2, 0.25) is 6.79 Å². The van der Waals surface area contributed by atoms with Crippen molar-refractivity contribution in [3.63, 3.8) is 0 Å². The normalized spacial score (nSPS) is 17.9. The maximum absolute atomic E-state index is 5.53. The number of rotatable bonds is 5. The van der Waals surface area contributed by atoms with Gasteiger partial charge in [0.25, 0.3) is 0 Å². The topological polar surface area (TPSA) is 68.5 Å². The average Bonchev–Trinajstić information content (AvgIpc) is 3.40. The van der Waals surface area contributed by atoms with Gasteiger partial charge in [0.05, 0.1) is 12.6 Å². The molecule has 0 saturated carbocycles. The Balaban J connectivity index is 1.47. The standard InChI is InChI=1S/C22H26N6O2/c1-16-3-6-18(7-4-16)21(27-11-9-26(2)10-12-27)22-23-24-25-28(22)14-17-5-8-19-20(13-17)30-15-29-19/h3-8,13,21H,9-12,14-15H2,1-2H3/t21-/m0/s1. The third-order valence-corrected chi connectivity index (χ3v) is 5.87. The number of aryl methyl sites for hydroxylation is 1. The van der Waals surface area contributed by atoms with Gasteiger partial charge in [0.1, 0.15) is 0 Å². The highest BCUT2D eigenvalue weighted by Crippen LogP contribution is 2.33. The molecule has 3 heterocycles. The minimum absolute atomic E-state index is 0.0170. The summed E-state index contributed by atoms with van der Waals surface area (Å²) >= 11 is 0. The minimum atomic E-state index is 0.0170. The summed E-state index contributed by atoms with van der Waals surface area (Å²) < 4.78 is 12.9. The third kappa shape index (κ3) is 3.76. The fourth-order valence-corrected chi connectivity index (χ4v) is 4.08. The monoisotopic (exact) mass is 406 g/mol. The minimum Gasteiger partial charge on any atom is -0.454 e. The van der Waals surface area contributed by atoms with E-state index in [0.717, 1.165) is 49.1 Å². The molecule has 1 atom stereocenters. The van der Waals surface area contributed by atoms with Gasteiger partial charge in [-0.2, -0.15) is 0 Å². The van der Waals surface area contributed by atoms with E-state index in [2.05, 4.69) is 63.6 Å². The zero-order chi connectivity index (χ0) is 20.5. The van der Waals surface area contributed by atoms with Crippen LogP contribution < -0.4 is 9.47 Å². The fraction of sp³-hybridized carbons (Fsp3) is 0.409. The van der Waals surface area contributed by atoms with Crippen LogP contribution in [0.3, 0.4) is 0 Å². The van der Waals surface area contributed by atoms with Crippen LogP contribution >= 0.6 is 0 Å². The molecular formula is C22H26N6O2. The van der Waals surface area contributed by atoms with Crippen molar-refractivity contribution in [2.75, 3.05) is 40.0 Å². The molecule has 0 unspecified atom stereocenters. The van der Waals surface area contributed by atoms with Crippen LogP contribution in [-0.2, 0) is 6.54 Å². The number of piperazine rings is 1. The van der Waals surface area contributed by atoms with Crippen LogP contribution in [0.4, 0.5) is 0 Å². The molecule has 1 saturated heterocycles. The van der Waals surface area contributed by atoms with Crippen LogP contribution in [0.15, 0.2) is 42.5 Å². The summed E-state index contributed by atoms with van der Waals surface area (Å²) in [5.74, 6) is 2.42. The molecule has 0 radical (unpaired) electrons. The van der Waals surface area contributed by atoms with E-state index < -0.39 is 0 Å². The van der Waals surface area contributed by atoms with Crippen molar-refractivity contribution in [3.05, 3.63) is 65.0 Å². The van der Waals surface area contributed by atoms with E-state index in [9.17, 15) is 0 Å². The van der Waals surface area contributed by atoms with Crippen molar-refractivity contribution in [1.82, 2.24) is 30.0 Å². The van der Waals surface area contributed by atoms with Gasteiger partial charge < -0.3 is 14.4 Å². The first-order chi connectivity index (χ1) is 14.7. The Morgan fingerprint density at radius 1 is 0.967 bits per heavy atom. The molecule has 8 nitrogen and oxygen atoms in total. The summed E-state index contributed by atoms with van der Waals surface area (Å²) in [4.78, 5) is 4.84. The maximum Gasteiger partial charge on any atom is 0.231 e. The van der Waals surface area contributed by atoms with Crippen LogP contribution in [0.1, 0.15) is 28.6 Å². The first-order valence-electron chi connectivity index (χ1n) is 10.3. The molecule has 30 heavy (non-hydrogen) atoms. The van der Waals surface area contributed by atoms with Gasteiger partial charge in [-0.25, -0.2) is 4.68 Å². The summed E-state index contributed by atoms with van der Waals surface area (Å²) in [7, 11) is 2.17. The summed E-state index contributed by atoms with van der Waals surface area (Å²) in [5, 5.41) is 12.8. The van der Waals surface area contributed by atoms with Crippen molar-refractivity contribution in [3.8, 4) is 11.5 Å². The second-order valence-corrected chi connectivity index (χ2v) is 8.03. The molecular weight excluding hydrogens is 380 g/mol. The number of ether oxygens (including phenoxy) is 2. The molecule has 2 aliphatic heterocycles. The number of tetrazole rings is 1. The Bertz CT molecular complexity index is 1010. The average molecular weight is 406 g/mol. The molecule has 0 amide bonds. The van der Waals surface area contributed by atoms with Crippen LogP contribution in [0.25, 0.3) is 0 Å². The Hall–Kier alpha value is -2.97. The first kappa shape index (κ1) is 19.0. The lowest BCUT2D eigenvalue weighted by Gasteiger charge is -2.37. The third-order valence-electron chi connectivity index (χ3n) is 5.87. The largest absolute Gasteiger partial charge is 0.454 e. The number of fused-ring (bicyclic) bond motifs is 1. The molecule has 3 aromatic rings. The molecule has 2 aromatic carbocycles. The van der Waals surface area contributed by atoms with E-state index in [1.807, 2.05) is 22.9 Å². The lowest BCUT2D eigenvalue weighted by atomic mass is 10.0. The maximum atomic E-state index is 5.53. The van der Waals surface area contributed by atoms with Gasteiger partial charge in [0, 0.05) is 26.2 Å². The Morgan fingerprint density at radius 3 is 2.53 bits per heavy atom. The van der Waals surface area contributed by atoms with E-state index in [0.29, 0.717) is 6.54 Å². The fourth-order valence-electron chi connectivity index (χ4n) is 4.08. The molecule has 0 bridgehead atoms. The lowest BCUT2D eigenvalue weighted by Crippen LogP contribution is -2.46. The summed E-state index contributed by atoms with van der Waals surface area (Å²) in [6.45, 7) is 6.98. The summed E-state index contributed by atoms with van der Waals surface area (Å²) in [5.41, 5.74) is 3.54. The smallest absolute Gasteiger partial charge is 0.231 e. The van der Waals surface area contributed by atoms with E-state index >= 15 is 0 Å². The summed E-state index contributed by atoms with van der Waals surface area (Å²) in [6, 6.07) is 14.7. The van der Waals surface area contributed by atoms with Crippen molar-refractivity contribution in [2.24, 2.45) is 0 Å². The zero-order valence-corrected chi connectivity index (χ0v) is 17.4. The number of benzene rings is 2. The zero-order valence-electron chi connectivity index (χ0n) is 17.4. The van der Waals surface area contributed by atoms with E-state index in [1.165, 1.54) is 11.1 Å². The number of aromatic nitrogens is 4. The van der Waals surface area contributed by atoms with Crippen molar-refractivity contribution in [2.45, 2.75) is 19.5 Å². The number of nitrogens with zero attached hydrogens (tertiary/aromatic N) is 6. The highest BCUT2D eigenvalue weighted by atomic mass is 16.7. The molecule has 156 valence electrons. The van der Waals surface area contributed by atoms with Crippen molar-refractivity contribution >= 4 is 0 Å². The van der Waals surface area contributed by atoms with Crippen LogP contribution in [0.5, 0.6) is 11.5 Å². The van der Waals surface area contributed by atoms with Gasteiger partial charge in [-0.15, -0.1) is 5.10 Å². The molecule has 2 aliphatic rings. The van der Waals surface area contributed by atoms with Gasteiger partial charge in [-0.3, -0.25) is 4.90 Å². The highest BCUT2D eigenvalue weighted by molar-refractivity contribution is 5.44. The Morgan fingerprint density at radius 2 is 1.73 bits per heavy atom. The Kier molecular flexibility index (Phi) is 5.10. The Labute approximate surface area is 176 Å². The molecule has 8 heteroatoms. The highest BCUT2D eigenvalue weighted by Gasteiger charge is 2.30. The lowest BCUT2D eigenvalue weighted by molar-refractivity contribution is 0.121. The van der Waals surface area contributed by atoms with Crippen LogP contribution in [0.2, 0.25) is 0 Å². The predicted octanol–water partition coefficient (Wildman–Crippen LogP) is 2.10. The van der Waals surface area contributed by atoms with Crippen molar-refractivity contribution < 1.29 is 9.47 Å². The van der Waals surface area contributed by atoms with E-state index in [1.54, 1.807) is 0 Å². The molecule has 1 aromatic heterocycles. The van der Waals surface area contributed by atoms with Crippen molar-refractivity contribution in [1.29, 1.82) is 0 Å². The quantitative estimate of drug-likeness (QED) is 0.643. The first-order valence-corrected chi connectivity index (χ1v) is 10.3. The second-order valence-electron chi connectivity index (χ2n) is 8.03. The number of hydrogen-bond acceptors (Lipinski definition) is 7. The SMILES string of the molecule is Cc1ccc([C@@H](c2nnnn2Cc2ccc3c(c2)OCO3)N2CCN(C)CC2)cc1.